The molecule has 96 valence electrons. The van der Waals surface area contributed by atoms with E-state index in [-0.39, 0.29) is 0 Å². The van der Waals surface area contributed by atoms with Crippen LogP contribution in [-0.2, 0) is 0 Å². The molecule has 1 rings (SSSR count). The fraction of sp³-hybridized carbons (Fsp3) is 1.00. The second-order valence-corrected chi connectivity index (χ2v) is 28.0. The van der Waals surface area contributed by atoms with E-state index >= 15 is 0 Å². The first-order valence-corrected chi connectivity index (χ1v) is 19.2. The molecule has 1 aliphatic heterocycles. The average molecular weight is 291 g/mol. The molecule has 2 nitrogen and oxygen atoms in total. The van der Waals surface area contributed by atoms with Gasteiger partial charge in [-0.1, -0.05) is 52.4 Å². The van der Waals surface area contributed by atoms with Crippen molar-refractivity contribution in [1.29, 1.82) is 0 Å². The molecule has 2 N–H and O–H groups in total. The third-order valence-corrected chi connectivity index (χ3v) is 28.1. The van der Waals surface area contributed by atoms with Gasteiger partial charge in [-0.15, -0.1) is 0 Å². The molecule has 0 bridgehead atoms. The number of nitrogens with one attached hydrogen (secondary N) is 2. The Morgan fingerprint density at radius 2 is 0.688 bits per heavy atom. The van der Waals surface area contributed by atoms with Crippen LogP contribution in [-0.4, -0.2) is 32.9 Å². The van der Waals surface area contributed by atoms with Crippen molar-refractivity contribution in [2.45, 2.75) is 63.7 Å². The molecule has 1 heterocycles. The van der Waals surface area contributed by atoms with Crippen LogP contribution < -0.4 is 9.30 Å². The van der Waals surface area contributed by atoms with Crippen LogP contribution in [0, 0.1) is 0 Å². The topological polar surface area (TPSA) is 24.1 Å². The van der Waals surface area contributed by atoms with Crippen LogP contribution in [0.25, 0.3) is 0 Å². The minimum Gasteiger partial charge on any atom is -0.360 e. The molecule has 1 saturated heterocycles. The van der Waals surface area contributed by atoms with Gasteiger partial charge < -0.3 is 9.30 Å². The summed E-state index contributed by atoms with van der Waals surface area (Å²) in [6.07, 6.45) is 0. The van der Waals surface area contributed by atoms with E-state index in [1.54, 1.807) is 0 Å². The van der Waals surface area contributed by atoms with Crippen molar-refractivity contribution >= 4 is 32.9 Å². The zero-order chi connectivity index (χ0) is 12.8. The number of hydrogen-bond donors (Lipinski definition) is 2. The summed E-state index contributed by atoms with van der Waals surface area (Å²) in [5.41, 5.74) is 2.96. The van der Waals surface area contributed by atoms with E-state index in [0.717, 1.165) is 0 Å². The van der Waals surface area contributed by atoms with Gasteiger partial charge in [0.2, 0.25) is 0 Å². The number of rotatable bonds is 0. The highest BCUT2D eigenvalue weighted by molar-refractivity contribution is 7.08. The van der Waals surface area contributed by atoms with Crippen molar-refractivity contribution in [1.82, 2.24) is 9.30 Å². The van der Waals surface area contributed by atoms with Crippen molar-refractivity contribution in [2.75, 3.05) is 0 Å². The second-order valence-electron chi connectivity index (χ2n) is 8.14. The molecule has 0 aromatic rings. The molecule has 0 aromatic heterocycles. The van der Waals surface area contributed by atoms with Gasteiger partial charge in [-0.05, 0) is 11.3 Å². The average Bonchev–Trinajstić information content (AvgIpc) is 1.67. The third-order valence-electron chi connectivity index (χ3n) is 3.12. The molecule has 0 atom stereocenters. The predicted molar refractivity (Wildman–Crippen MR) is 85.8 cm³/mol. The fourth-order valence-corrected chi connectivity index (χ4v) is 41.1. The Morgan fingerprint density at radius 1 is 0.500 bits per heavy atom. The summed E-state index contributed by atoms with van der Waals surface area (Å²) >= 11 is 0. The third kappa shape index (κ3) is 4.58. The Balaban J connectivity index is 2.98. The summed E-state index contributed by atoms with van der Waals surface area (Å²) in [7, 11) is -4.69. The molecular formula is C10H30N2Si4. The van der Waals surface area contributed by atoms with Crippen molar-refractivity contribution in [3.05, 3.63) is 0 Å². The molecule has 0 saturated carbocycles. The van der Waals surface area contributed by atoms with Crippen LogP contribution in [0.2, 0.25) is 63.7 Å². The van der Waals surface area contributed by atoms with Crippen molar-refractivity contribution < 1.29 is 0 Å². The quantitative estimate of drug-likeness (QED) is 0.670. The van der Waals surface area contributed by atoms with E-state index in [9.17, 15) is 0 Å². The standard InChI is InChI=1S/C10H30N2Si4/c1-13(2)9-14(3,4)12-16(7,8)10-15(5,6)11-13/h11-12H,9-10H2,1-8H3. The van der Waals surface area contributed by atoms with Gasteiger partial charge in [-0.2, -0.15) is 0 Å². The van der Waals surface area contributed by atoms with Crippen LogP contribution in [0.4, 0.5) is 0 Å². The molecule has 1 fully saturated rings. The maximum atomic E-state index is 4.15. The van der Waals surface area contributed by atoms with Crippen molar-refractivity contribution in [3.8, 4) is 0 Å². The zero-order valence-corrected chi connectivity index (χ0v) is 16.4. The van der Waals surface area contributed by atoms with Gasteiger partial charge in [0.15, 0.2) is 0 Å². The van der Waals surface area contributed by atoms with Crippen LogP contribution in [0.5, 0.6) is 0 Å². The highest BCUT2D eigenvalue weighted by Crippen LogP contribution is 2.27. The van der Waals surface area contributed by atoms with Crippen molar-refractivity contribution in [2.24, 2.45) is 0 Å². The Labute approximate surface area is 106 Å². The molecule has 6 heteroatoms. The lowest BCUT2D eigenvalue weighted by atomic mass is 11.8. The maximum Gasteiger partial charge on any atom is 0.111 e. The van der Waals surface area contributed by atoms with Crippen LogP contribution in [0.15, 0.2) is 0 Å². The Hall–Kier alpha value is 0.788. The van der Waals surface area contributed by atoms with E-state index in [2.05, 4.69) is 61.7 Å². The molecule has 0 aromatic carbocycles. The summed E-state index contributed by atoms with van der Waals surface area (Å²) in [5.74, 6) is 0. The lowest BCUT2D eigenvalue weighted by Gasteiger charge is -2.48. The number of hydrogen-bond acceptors (Lipinski definition) is 2. The summed E-state index contributed by atoms with van der Waals surface area (Å²) in [5, 5.41) is 0. The van der Waals surface area contributed by atoms with E-state index in [1.165, 1.54) is 11.3 Å². The first-order chi connectivity index (χ1) is 6.83. The molecule has 0 radical (unpaired) electrons. The van der Waals surface area contributed by atoms with Crippen LogP contribution in [0.1, 0.15) is 0 Å². The lowest BCUT2D eigenvalue weighted by molar-refractivity contribution is 1.17. The maximum absolute atomic E-state index is 4.15. The van der Waals surface area contributed by atoms with Gasteiger partial charge in [-0.25, -0.2) is 0 Å². The smallest absolute Gasteiger partial charge is 0.111 e. The molecule has 16 heavy (non-hydrogen) atoms. The Morgan fingerprint density at radius 3 is 0.875 bits per heavy atom. The normalized spacial score (nSPS) is 31.5. The monoisotopic (exact) mass is 290 g/mol. The highest BCUT2D eigenvalue weighted by atomic mass is 28.5. The van der Waals surface area contributed by atoms with Gasteiger partial charge >= 0.3 is 0 Å². The first kappa shape index (κ1) is 14.8. The van der Waals surface area contributed by atoms with Gasteiger partial charge in [0, 0.05) is 0 Å². The van der Waals surface area contributed by atoms with Crippen molar-refractivity contribution in [3.63, 3.8) is 0 Å². The second kappa shape index (κ2) is 4.17. The molecule has 0 amide bonds. The zero-order valence-electron chi connectivity index (χ0n) is 12.4. The van der Waals surface area contributed by atoms with E-state index in [1.807, 2.05) is 0 Å². The van der Waals surface area contributed by atoms with Gasteiger partial charge in [0.25, 0.3) is 0 Å². The van der Waals surface area contributed by atoms with E-state index in [4.69, 9.17) is 0 Å². The SMILES string of the molecule is C[Si]1(C)C[Si](C)(C)N[Si](C)(C)C[Si](C)(C)N1. The molecule has 0 unspecified atom stereocenters. The first-order valence-electron chi connectivity index (χ1n) is 6.41. The molecule has 0 spiro atoms. The summed E-state index contributed by atoms with van der Waals surface area (Å²) < 4.78 is 8.31. The minimum absolute atomic E-state index is 1.17. The summed E-state index contributed by atoms with van der Waals surface area (Å²) in [6.45, 7) is 20.2. The van der Waals surface area contributed by atoms with Gasteiger partial charge in [0.1, 0.15) is 32.9 Å². The lowest BCUT2D eigenvalue weighted by Crippen LogP contribution is -2.73. The van der Waals surface area contributed by atoms with Gasteiger partial charge in [-0.3, -0.25) is 0 Å². The van der Waals surface area contributed by atoms with Crippen LogP contribution in [0.3, 0.4) is 0 Å². The minimum atomic E-state index is -1.17. The van der Waals surface area contributed by atoms with E-state index in [0.29, 0.717) is 0 Å². The Kier molecular flexibility index (Phi) is 3.87. The van der Waals surface area contributed by atoms with E-state index < -0.39 is 32.9 Å². The van der Waals surface area contributed by atoms with Crippen LogP contribution >= 0.6 is 0 Å². The Bertz CT molecular complexity index is 202. The molecule has 0 aliphatic carbocycles. The predicted octanol–water partition coefficient (Wildman–Crippen LogP) is 3.08. The fourth-order valence-electron chi connectivity index (χ4n) is 4.22. The highest BCUT2D eigenvalue weighted by Gasteiger charge is 2.45. The largest absolute Gasteiger partial charge is 0.360 e. The molecular weight excluding hydrogens is 260 g/mol. The summed E-state index contributed by atoms with van der Waals surface area (Å²) in [6, 6.07) is 0. The van der Waals surface area contributed by atoms with Gasteiger partial charge in [0.05, 0.1) is 0 Å². The summed E-state index contributed by atoms with van der Waals surface area (Å²) in [4.78, 5) is 0. The molecule has 1 aliphatic rings.